The topological polar surface area (TPSA) is 66.0 Å². The predicted octanol–water partition coefficient (Wildman–Crippen LogP) is 3.15. The molecule has 1 aromatic carbocycles. The standard InChI is InChI=1S/C19H29BrN4O2.HI/c1-3-21-19(23-13-16-8-6-12-26-16)22-11-10-18(25)24(2)14-15-7-4-5-9-17(15)20;/h4-5,7,9,16H,3,6,8,10-14H2,1-2H3,(H2,21,22,23);1H. The SMILES string of the molecule is CCNC(=NCC1CCCO1)NCCC(=O)N(C)Cc1ccccc1Br.I. The third kappa shape index (κ3) is 8.78. The maximum Gasteiger partial charge on any atom is 0.224 e. The van der Waals surface area contributed by atoms with Crippen LogP contribution in [-0.2, 0) is 16.1 Å². The van der Waals surface area contributed by atoms with E-state index < -0.39 is 0 Å². The summed E-state index contributed by atoms with van der Waals surface area (Å²) in [6.07, 6.45) is 2.83. The quantitative estimate of drug-likeness (QED) is 0.295. The number of hydrogen-bond donors (Lipinski definition) is 2. The van der Waals surface area contributed by atoms with E-state index in [0.717, 1.165) is 42.0 Å². The van der Waals surface area contributed by atoms with Crippen LogP contribution in [0.4, 0.5) is 0 Å². The third-order valence-corrected chi connectivity index (χ3v) is 5.02. The van der Waals surface area contributed by atoms with Gasteiger partial charge >= 0.3 is 0 Å². The van der Waals surface area contributed by atoms with E-state index in [4.69, 9.17) is 4.74 Å². The minimum atomic E-state index is 0. The molecule has 6 nitrogen and oxygen atoms in total. The number of ether oxygens (including phenoxy) is 1. The van der Waals surface area contributed by atoms with Gasteiger partial charge in [0.25, 0.3) is 0 Å². The molecular weight excluding hydrogens is 523 g/mol. The molecule has 1 amide bonds. The Kier molecular flexibility index (Phi) is 11.9. The number of carbonyl (C=O) groups is 1. The highest BCUT2D eigenvalue weighted by molar-refractivity contribution is 14.0. The fourth-order valence-corrected chi connectivity index (χ4v) is 3.18. The van der Waals surface area contributed by atoms with Crippen molar-refractivity contribution in [1.82, 2.24) is 15.5 Å². The summed E-state index contributed by atoms with van der Waals surface area (Å²) >= 11 is 3.52. The zero-order chi connectivity index (χ0) is 18.8. The van der Waals surface area contributed by atoms with Crippen LogP contribution in [0.5, 0.6) is 0 Å². The van der Waals surface area contributed by atoms with Crippen LogP contribution in [0.15, 0.2) is 33.7 Å². The molecule has 1 aliphatic rings. The van der Waals surface area contributed by atoms with Crippen LogP contribution in [0.25, 0.3) is 0 Å². The van der Waals surface area contributed by atoms with E-state index in [0.29, 0.717) is 26.1 Å². The Bertz CT molecular complexity index is 609. The molecule has 1 aromatic rings. The van der Waals surface area contributed by atoms with Gasteiger partial charge in [-0.15, -0.1) is 24.0 Å². The van der Waals surface area contributed by atoms with Crippen LogP contribution in [0.2, 0.25) is 0 Å². The average Bonchev–Trinajstić information content (AvgIpc) is 3.15. The van der Waals surface area contributed by atoms with Gasteiger partial charge in [0.05, 0.1) is 12.6 Å². The molecule has 0 spiro atoms. The van der Waals surface area contributed by atoms with Gasteiger partial charge in [0.1, 0.15) is 0 Å². The van der Waals surface area contributed by atoms with E-state index in [1.54, 1.807) is 4.90 Å². The van der Waals surface area contributed by atoms with Gasteiger partial charge in [-0.1, -0.05) is 34.1 Å². The van der Waals surface area contributed by atoms with Crippen molar-refractivity contribution in [2.45, 2.75) is 38.8 Å². The van der Waals surface area contributed by atoms with Crippen LogP contribution in [0.3, 0.4) is 0 Å². The zero-order valence-electron chi connectivity index (χ0n) is 16.0. The summed E-state index contributed by atoms with van der Waals surface area (Å²) in [6, 6.07) is 7.96. The van der Waals surface area contributed by atoms with E-state index in [2.05, 4.69) is 31.6 Å². The Balaban J connectivity index is 0.00000364. The second kappa shape index (κ2) is 13.3. The van der Waals surface area contributed by atoms with Crippen molar-refractivity contribution < 1.29 is 9.53 Å². The van der Waals surface area contributed by atoms with E-state index in [-0.39, 0.29) is 36.0 Å². The summed E-state index contributed by atoms with van der Waals surface area (Å²) in [5.41, 5.74) is 1.10. The summed E-state index contributed by atoms with van der Waals surface area (Å²) in [5.74, 6) is 0.840. The number of hydrogen-bond acceptors (Lipinski definition) is 3. The molecule has 1 fully saturated rings. The van der Waals surface area contributed by atoms with Crippen molar-refractivity contribution >= 4 is 51.8 Å². The molecular formula is C19H30BrIN4O2. The first-order chi connectivity index (χ1) is 12.6. The van der Waals surface area contributed by atoms with Gasteiger partial charge in [-0.25, -0.2) is 0 Å². The summed E-state index contributed by atoms with van der Waals surface area (Å²) in [7, 11) is 1.83. The lowest BCUT2D eigenvalue weighted by Crippen LogP contribution is -2.40. The molecule has 0 aliphatic carbocycles. The van der Waals surface area contributed by atoms with Crippen LogP contribution in [0, 0.1) is 0 Å². The van der Waals surface area contributed by atoms with Crippen molar-refractivity contribution in [3.8, 4) is 0 Å². The molecule has 1 unspecified atom stereocenters. The van der Waals surface area contributed by atoms with Crippen LogP contribution in [0.1, 0.15) is 31.7 Å². The first-order valence-electron chi connectivity index (χ1n) is 9.21. The van der Waals surface area contributed by atoms with Gasteiger partial charge in [-0.2, -0.15) is 0 Å². The molecule has 0 radical (unpaired) electrons. The largest absolute Gasteiger partial charge is 0.376 e. The van der Waals surface area contributed by atoms with Gasteiger partial charge in [-0.05, 0) is 31.4 Å². The van der Waals surface area contributed by atoms with Crippen LogP contribution in [-0.4, -0.2) is 56.2 Å². The Morgan fingerprint density at radius 3 is 2.81 bits per heavy atom. The number of guanidine groups is 1. The number of nitrogens with zero attached hydrogens (tertiary/aromatic N) is 2. The number of rotatable bonds is 8. The number of benzene rings is 1. The Labute approximate surface area is 187 Å². The summed E-state index contributed by atoms with van der Waals surface area (Å²) in [6.45, 7) is 5.45. The van der Waals surface area contributed by atoms with Crippen molar-refractivity contribution in [3.63, 3.8) is 0 Å². The molecule has 0 bridgehead atoms. The lowest BCUT2D eigenvalue weighted by molar-refractivity contribution is -0.130. The van der Waals surface area contributed by atoms with E-state index in [1.165, 1.54) is 0 Å². The van der Waals surface area contributed by atoms with Crippen molar-refractivity contribution in [1.29, 1.82) is 0 Å². The monoisotopic (exact) mass is 552 g/mol. The van der Waals surface area contributed by atoms with Gasteiger partial charge in [0, 0.05) is 44.2 Å². The number of carbonyl (C=O) groups excluding carboxylic acids is 1. The van der Waals surface area contributed by atoms with Crippen molar-refractivity contribution in [3.05, 3.63) is 34.3 Å². The van der Waals surface area contributed by atoms with Gasteiger partial charge in [0.15, 0.2) is 5.96 Å². The minimum Gasteiger partial charge on any atom is -0.376 e. The lowest BCUT2D eigenvalue weighted by atomic mass is 10.2. The fraction of sp³-hybridized carbons (Fsp3) is 0.579. The highest BCUT2D eigenvalue weighted by Crippen LogP contribution is 2.17. The molecule has 27 heavy (non-hydrogen) atoms. The second-order valence-electron chi connectivity index (χ2n) is 6.37. The molecule has 1 saturated heterocycles. The molecule has 2 rings (SSSR count). The van der Waals surface area contributed by atoms with Crippen LogP contribution < -0.4 is 10.6 Å². The van der Waals surface area contributed by atoms with E-state index in [1.807, 2.05) is 38.2 Å². The predicted molar refractivity (Wildman–Crippen MR) is 124 cm³/mol. The first-order valence-corrected chi connectivity index (χ1v) is 10.0. The van der Waals surface area contributed by atoms with Crippen molar-refractivity contribution in [2.75, 3.05) is 33.3 Å². The maximum atomic E-state index is 12.4. The third-order valence-electron chi connectivity index (χ3n) is 4.24. The summed E-state index contributed by atoms with van der Waals surface area (Å²) in [5, 5.41) is 6.44. The lowest BCUT2D eigenvalue weighted by Gasteiger charge is -2.19. The Hall–Kier alpha value is -0.870. The number of aliphatic imine (C=N–C) groups is 1. The average molecular weight is 553 g/mol. The first kappa shape index (κ1) is 24.2. The minimum absolute atomic E-state index is 0. The molecule has 0 aromatic heterocycles. The highest BCUT2D eigenvalue weighted by Gasteiger charge is 2.15. The van der Waals surface area contributed by atoms with E-state index >= 15 is 0 Å². The van der Waals surface area contributed by atoms with Crippen LogP contribution >= 0.6 is 39.9 Å². The normalized spacial score (nSPS) is 16.6. The van der Waals surface area contributed by atoms with Gasteiger partial charge < -0.3 is 20.3 Å². The van der Waals surface area contributed by atoms with Gasteiger partial charge in [0.2, 0.25) is 5.91 Å². The molecule has 1 aliphatic heterocycles. The number of halogens is 2. The Morgan fingerprint density at radius 1 is 1.37 bits per heavy atom. The number of nitrogens with one attached hydrogen (secondary N) is 2. The molecule has 0 saturated carbocycles. The Morgan fingerprint density at radius 2 is 2.15 bits per heavy atom. The molecule has 8 heteroatoms. The van der Waals surface area contributed by atoms with Gasteiger partial charge in [-0.3, -0.25) is 9.79 Å². The fourth-order valence-electron chi connectivity index (χ4n) is 2.77. The highest BCUT2D eigenvalue weighted by atomic mass is 127. The summed E-state index contributed by atoms with van der Waals surface area (Å²) < 4.78 is 6.62. The number of amides is 1. The smallest absolute Gasteiger partial charge is 0.224 e. The summed E-state index contributed by atoms with van der Waals surface area (Å²) in [4.78, 5) is 18.7. The maximum absolute atomic E-state index is 12.4. The zero-order valence-corrected chi connectivity index (χ0v) is 20.0. The molecule has 152 valence electrons. The molecule has 1 atom stereocenters. The molecule has 2 N–H and O–H groups in total. The van der Waals surface area contributed by atoms with E-state index in [9.17, 15) is 4.79 Å². The molecule has 1 heterocycles. The second-order valence-corrected chi connectivity index (χ2v) is 7.23. The van der Waals surface area contributed by atoms with Crippen molar-refractivity contribution in [2.24, 2.45) is 4.99 Å².